The summed E-state index contributed by atoms with van der Waals surface area (Å²) < 4.78 is 0. The van der Waals surface area contributed by atoms with Crippen molar-refractivity contribution in [3.63, 3.8) is 0 Å². The van der Waals surface area contributed by atoms with Crippen molar-refractivity contribution < 1.29 is 14.7 Å². The van der Waals surface area contributed by atoms with Crippen LogP contribution >= 0.6 is 11.8 Å². The van der Waals surface area contributed by atoms with Crippen LogP contribution in [0.25, 0.3) is 0 Å². The Kier molecular flexibility index (Phi) is 5.03. The van der Waals surface area contributed by atoms with Gasteiger partial charge >= 0.3 is 5.97 Å². The number of carbonyl (C=O) groups excluding carboxylic acids is 1. The lowest BCUT2D eigenvalue weighted by atomic mass is 10.1. The fraction of sp³-hybridized carbons (Fsp3) is 0.429. The second-order valence-electron chi connectivity index (χ2n) is 4.85. The predicted octanol–water partition coefficient (Wildman–Crippen LogP) is 1.26. The highest BCUT2D eigenvalue weighted by Crippen LogP contribution is 2.24. The van der Waals surface area contributed by atoms with Gasteiger partial charge in [0.1, 0.15) is 6.04 Å². The molecule has 1 aromatic carbocycles. The van der Waals surface area contributed by atoms with Crippen LogP contribution in [0.15, 0.2) is 18.2 Å². The fourth-order valence-corrected chi connectivity index (χ4v) is 2.97. The molecule has 0 saturated carbocycles. The Morgan fingerprint density at radius 3 is 2.85 bits per heavy atom. The molecule has 0 saturated heterocycles. The van der Waals surface area contributed by atoms with Gasteiger partial charge in [-0.15, -0.1) is 11.8 Å². The number of hydrogen-bond donors (Lipinski definition) is 3. The lowest BCUT2D eigenvalue weighted by molar-refractivity contribution is -0.137. The minimum Gasteiger partial charge on any atom is -0.480 e. The smallest absolute Gasteiger partial charge is 0.321 e. The highest BCUT2D eigenvalue weighted by Gasteiger charge is 2.14. The predicted molar refractivity (Wildman–Crippen MR) is 80.0 cm³/mol. The number of carbonyl (C=O) groups is 2. The van der Waals surface area contributed by atoms with Gasteiger partial charge in [-0.05, 0) is 42.5 Å². The summed E-state index contributed by atoms with van der Waals surface area (Å²) in [6.07, 6.45) is 3.36. The van der Waals surface area contributed by atoms with Crippen molar-refractivity contribution in [3.05, 3.63) is 29.3 Å². The number of hydrogen-bond acceptors (Lipinski definition) is 4. The Hall–Kier alpha value is -1.53. The van der Waals surface area contributed by atoms with Crippen molar-refractivity contribution >= 4 is 29.3 Å². The molecule has 0 bridgehead atoms. The van der Waals surface area contributed by atoms with Crippen LogP contribution in [-0.2, 0) is 22.4 Å². The summed E-state index contributed by atoms with van der Waals surface area (Å²) in [6, 6.07) is 5.07. The molecule has 1 aliphatic rings. The minimum absolute atomic E-state index is 0.134. The Bertz CT molecular complexity index is 519. The van der Waals surface area contributed by atoms with Crippen LogP contribution in [-0.4, -0.2) is 34.5 Å². The monoisotopic (exact) mass is 294 g/mol. The summed E-state index contributed by atoms with van der Waals surface area (Å²) in [7, 11) is 0. The molecule has 0 unspecified atom stereocenters. The summed E-state index contributed by atoms with van der Waals surface area (Å²) in [5.74, 6) is -0.743. The number of aryl methyl sites for hydroxylation is 2. The highest BCUT2D eigenvalue weighted by atomic mass is 32.2. The lowest BCUT2D eigenvalue weighted by Crippen LogP contribution is -2.33. The molecule has 0 heterocycles. The number of nitrogens with two attached hydrogens (primary N) is 1. The molecule has 1 aliphatic carbocycles. The third kappa shape index (κ3) is 3.98. The zero-order valence-electron chi connectivity index (χ0n) is 11.1. The Morgan fingerprint density at radius 1 is 1.35 bits per heavy atom. The number of anilines is 1. The molecule has 5 nitrogen and oxygen atoms in total. The van der Waals surface area contributed by atoms with Gasteiger partial charge in [-0.3, -0.25) is 9.59 Å². The van der Waals surface area contributed by atoms with E-state index in [9.17, 15) is 9.59 Å². The number of fused-ring (bicyclic) bond motifs is 1. The van der Waals surface area contributed by atoms with Gasteiger partial charge in [0, 0.05) is 11.4 Å². The van der Waals surface area contributed by atoms with E-state index in [0.29, 0.717) is 0 Å². The van der Waals surface area contributed by atoms with Crippen molar-refractivity contribution in [1.82, 2.24) is 0 Å². The number of thioether (sulfide) groups is 1. The molecule has 1 aromatic rings. The summed E-state index contributed by atoms with van der Waals surface area (Å²) >= 11 is 1.22. The normalized spacial score (nSPS) is 14.7. The summed E-state index contributed by atoms with van der Waals surface area (Å²) in [6.45, 7) is 0. The van der Waals surface area contributed by atoms with Crippen molar-refractivity contribution in [3.8, 4) is 0 Å². The van der Waals surface area contributed by atoms with E-state index in [1.54, 1.807) is 0 Å². The molecular weight excluding hydrogens is 276 g/mol. The first-order valence-electron chi connectivity index (χ1n) is 6.54. The second-order valence-corrected chi connectivity index (χ2v) is 5.88. The molecule has 0 fully saturated rings. The molecule has 0 radical (unpaired) electrons. The number of benzene rings is 1. The lowest BCUT2D eigenvalue weighted by Gasteiger charge is -2.08. The molecule has 0 aromatic heterocycles. The van der Waals surface area contributed by atoms with Gasteiger partial charge in [-0.2, -0.15) is 0 Å². The molecule has 4 N–H and O–H groups in total. The summed E-state index contributed by atoms with van der Waals surface area (Å²) in [5.41, 5.74) is 8.84. The molecule has 1 amide bonds. The number of carboxylic acid groups (broad SMARTS) is 1. The molecular formula is C14H18N2O3S. The largest absolute Gasteiger partial charge is 0.480 e. The van der Waals surface area contributed by atoms with Gasteiger partial charge in [0.2, 0.25) is 5.91 Å². The van der Waals surface area contributed by atoms with Crippen molar-refractivity contribution in [2.75, 3.05) is 16.8 Å². The van der Waals surface area contributed by atoms with Gasteiger partial charge in [-0.1, -0.05) is 6.07 Å². The maximum absolute atomic E-state index is 11.7. The maximum atomic E-state index is 11.7. The van der Waals surface area contributed by atoms with E-state index in [0.717, 1.165) is 18.5 Å². The van der Waals surface area contributed by atoms with E-state index in [4.69, 9.17) is 10.8 Å². The van der Waals surface area contributed by atoms with Gasteiger partial charge in [0.15, 0.2) is 0 Å². The van der Waals surface area contributed by atoms with E-state index in [-0.39, 0.29) is 17.4 Å². The zero-order chi connectivity index (χ0) is 14.5. The van der Waals surface area contributed by atoms with Crippen LogP contribution in [0.3, 0.4) is 0 Å². The van der Waals surface area contributed by atoms with E-state index in [2.05, 4.69) is 11.4 Å². The fourth-order valence-electron chi connectivity index (χ4n) is 2.20. The zero-order valence-corrected chi connectivity index (χ0v) is 11.9. The van der Waals surface area contributed by atoms with Crippen molar-refractivity contribution in [1.29, 1.82) is 0 Å². The standard InChI is InChI=1S/C14H18N2O3S/c15-12(14(18)19)7-20-8-13(17)16-11-5-4-9-2-1-3-10(9)6-11/h4-6,12H,1-3,7-8,15H2,(H,16,17)(H,18,19)/t12-/m0/s1. The molecule has 20 heavy (non-hydrogen) atoms. The number of amides is 1. The molecule has 2 rings (SSSR count). The van der Waals surface area contributed by atoms with E-state index in [1.165, 1.54) is 29.3 Å². The summed E-state index contributed by atoms with van der Waals surface area (Å²) in [5, 5.41) is 11.5. The van der Waals surface area contributed by atoms with Crippen LogP contribution in [0.5, 0.6) is 0 Å². The van der Waals surface area contributed by atoms with Gasteiger partial charge in [0.25, 0.3) is 0 Å². The number of nitrogens with one attached hydrogen (secondary N) is 1. The Morgan fingerprint density at radius 2 is 2.10 bits per heavy atom. The average molecular weight is 294 g/mol. The molecule has 1 atom stereocenters. The van der Waals surface area contributed by atoms with E-state index in [1.807, 2.05) is 12.1 Å². The minimum atomic E-state index is -1.04. The van der Waals surface area contributed by atoms with Crippen LogP contribution in [0, 0.1) is 0 Å². The third-order valence-electron chi connectivity index (χ3n) is 3.23. The van der Waals surface area contributed by atoms with E-state index < -0.39 is 12.0 Å². The van der Waals surface area contributed by atoms with Crippen LogP contribution in [0.1, 0.15) is 17.5 Å². The van der Waals surface area contributed by atoms with Gasteiger partial charge in [0.05, 0.1) is 5.75 Å². The first kappa shape index (κ1) is 14.9. The Labute approximate surface area is 121 Å². The van der Waals surface area contributed by atoms with E-state index >= 15 is 0 Å². The Balaban J connectivity index is 1.78. The summed E-state index contributed by atoms with van der Waals surface area (Å²) in [4.78, 5) is 22.3. The number of carboxylic acids is 1. The van der Waals surface area contributed by atoms with Crippen LogP contribution in [0.2, 0.25) is 0 Å². The van der Waals surface area contributed by atoms with Crippen molar-refractivity contribution in [2.24, 2.45) is 5.73 Å². The average Bonchev–Trinajstić information content (AvgIpc) is 2.85. The number of rotatable bonds is 6. The molecule has 6 heteroatoms. The second kappa shape index (κ2) is 6.76. The first-order valence-corrected chi connectivity index (χ1v) is 7.69. The number of aliphatic carboxylic acids is 1. The van der Waals surface area contributed by atoms with Crippen molar-refractivity contribution in [2.45, 2.75) is 25.3 Å². The maximum Gasteiger partial charge on any atom is 0.321 e. The molecule has 108 valence electrons. The molecule has 0 spiro atoms. The molecule has 0 aliphatic heterocycles. The van der Waals surface area contributed by atoms with Crippen LogP contribution in [0.4, 0.5) is 5.69 Å². The quantitative estimate of drug-likeness (QED) is 0.734. The topological polar surface area (TPSA) is 92.4 Å². The van der Waals surface area contributed by atoms with Gasteiger partial charge in [-0.25, -0.2) is 0 Å². The highest BCUT2D eigenvalue weighted by molar-refractivity contribution is 8.00. The van der Waals surface area contributed by atoms with Gasteiger partial charge < -0.3 is 16.2 Å². The third-order valence-corrected chi connectivity index (χ3v) is 4.29. The SMILES string of the molecule is N[C@@H](CSCC(=O)Nc1ccc2c(c1)CCC2)C(=O)O. The van der Waals surface area contributed by atoms with Crippen LogP contribution < -0.4 is 11.1 Å². The first-order chi connectivity index (χ1) is 9.56.